The second kappa shape index (κ2) is 11.7. The average molecular weight is 449 g/mol. The van der Waals surface area contributed by atoms with Crippen LogP contribution in [0.1, 0.15) is 39.3 Å². The molecule has 2 heterocycles. The van der Waals surface area contributed by atoms with Gasteiger partial charge in [-0.25, -0.2) is 0 Å². The van der Waals surface area contributed by atoms with E-state index >= 15 is 0 Å². The Hall–Kier alpha value is -0.830. The Kier molecular flexibility index (Phi) is 10.3. The third-order valence-electron chi connectivity index (χ3n) is 4.08. The van der Waals surface area contributed by atoms with Crippen molar-refractivity contribution in [3.63, 3.8) is 0 Å². The van der Waals surface area contributed by atoms with Gasteiger partial charge in [-0.15, -0.1) is 24.0 Å². The molecule has 7 heteroatoms. The van der Waals surface area contributed by atoms with Crippen molar-refractivity contribution in [3.8, 4) is 0 Å². The molecule has 1 aromatic heterocycles. The van der Waals surface area contributed by atoms with Crippen LogP contribution in [0.3, 0.4) is 0 Å². The van der Waals surface area contributed by atoms with Crippen molar-refractivity contribution in [2.24, 2.45) is 10.9 Å². The summed E-state index contributed by atoms with van der Waals surface area (Å²) >= 11 is 0. The number of halogens is 1. The van der Waals surface area contributed by atoms with Gasteiger partial charge < -0.3 is 14.7 Å². The topological polar surface area (TPSA) is 56.9 Å². The number of nitrogens with one attached hydrogen (secondary N) is 1. The number of hydrogen-bond donors (Lipinski definition) is 1. The standard InChI is InChI=1S/C17H31N5O.HI/c1-4-18-17(19-8-5-6-15(2)3)22-11-9-21(10-12-22)14-16-7-13-23-20-16;/h7,13,15H,4-6,8-12,14H2,1-3H3,(H,18,19);1H. The van der Waals surface area contributed by atoms with Crippen LogP contribution in [0.4, 0.5) is 0 Å². The monoisotopic (exact) mass is 449 g/mol. The molecule has 6 nitrogen and oxygen atoms in total. The minimum absolute atomic E-state index is 0. The van der Waals surface area contributed by atoms with Crippen molar-refractivity contribution in [2.45, 2.75) is 40.2 Å². The Labute approximate surface area is 163 Å². The molecule has 24 heavy (non-hydrogen) atoms. The molecule has 0 amide bonds. The first-order valence-corrected chi connectivity index (χ1v) is 8.84. The third-order valence-corrected chi connectivity index (χ3v) is 4.08. The molecule has 0 unspecified atom stereocenters. The lowest BCUT2D eigenvalue weighted by Gasteiger charge is -2.36. The molecule has 1 aromatic rings. The van der Waals surface area contributed by atoms with Gasteiger partial charge in [-0.05, 0) is 25.7 Å². The molecule has 0 atom stereocenters. The largest absolute Gasteiger partial charge is 0.364 e. The lowest BCUT2D eigenvalue weighted by Crippen LogP contribution is -2.52. The van der Waals surface area contributed by atoms with Crippen LogP contribution in [-0.4, -0.2) is 60.2 Å². The van der Waals surface area contributed by atoms with Gasteiger partial charge in [0, 0.05) is 51.9 Å². The first-order chi connectivity index (χ1) is 11.2. The number of guanidine groups is 1. The lowest BCUT2D eigenvalue weighted by molar-refractivity contribution is 0.169. The smallest absolute Gasteiger partial charge is 0.194 e. The maximum atomic E-state index is 4.90. The fraction of sp³-hybridized carbons (Fsp3) is 0.765. The van der Waals surface area contributed by atoms with Crippen molar-refractivity contribution < 1.29 is 4.52 Å². The summed E-state index contributed by atoms with van der Waals surface area (Å²) < 4.78 is 4.90. The predicted octanol–water partition coefficient (Wildman–Crippen LogP) is 2.81. The molecular weight excluding hydrogens is 417 g/mol. The average Bonchev–Trinajstić information content (AvgIpc) is 3.04. The van der Waals surface area contributed by atoms with E-state index in [1.54, 1.807) is 6.26 Å². The molecule has 138 valence electrons. The van der Waals surface area contributed by atoms with Gasteiger partial charge in [-0.2, -0.15) is 0 Å². The van der Waals surface area contributed by atoms with Gasteiger partial charge in [-0.1, -0.05) is 19.0 Å². The van der Waals surface area contributed by atoms with Crippen LogP contribution in [0.25, 0.3) is 0 Å². The van der Waals surface area contributed by atoms with Gasteiger partial charge >= 0.3 is 0 Å². The van der Waals surface area contributed by atoms with Crippen molar-refractivity contribution in [1.82, 2.24) is 20.3 Å². The maximum Gasteiger partial charge on any atom is 0.194 e. The number of nitrogens with zero attached hydrogens (tertiary/aromatic N) is 4. The van der Waals surface area contributed by atoms with E-state index in [-0.39, 0.29) is 24.0 Å². The summed E-state index contributed by atoms with van der Waals surface area (Å²) in [5, 5.41) is 7.42. The van der Waals surface area contributed by atoms with Crippen molar-refractivity contribution >= 4 is 29.9 Å². The highest BCUT2D eigenvalue weighted by Gasteiger charge is 2.20. The van der Waals surface area contributed by atoms with Crippen LogP contribution < -0.4 is 5.32 Å². The highest BCUT2D eigenvalue weighted by molar-refractivity contribution is 14.0. The number of rotatable bonds is 7. The fourth-order valence-electron chi connectivity index (χ4n) is 2.78. The number of piperazine rings is 1. The SMILES string of the molecule is CCNC(=NCCCC(C)C)N1CCN(Cc2ccon2)CC1.I. The molecule has 0 saturated carbocycles. The van der Waals surface area contributed by atoms with Crippen molar-refractivity contribution in [1.29, 1.82) is 0 Å². The molecule has 0 aromatic carbocycles. The second-order valence-electron chi connectivity index (χ2n) is 6.53. The van der Waals surface area contributed by atoms with Crippen LogP contribution in [0.5, 0.6) is 0 Å². The Bertz CT molecular complexity index is 456. The van der Waals surface area contributed by atoms with Gasteiger partial charge in [0.25, 0.3) is 0 Å². The maximum absolute atomic E-state index is 4.90. The number of aromatic nitrogens is 1. The Morgan fingerprint density at radius 3 is 2.67 bits per heavy atom. The van der Waals surface area contributed by atoms with Crippen LogP contribution in [0, 0.1) is 5.92 Å². The van der Waals surface area contributed by atoms with Crippen molar-refractivity contribution in [2.75, 3.05) is 39.3 Å². The minimum atomic E-state index is 0. The third kappa shape index (κ3) is 7.38. The fourth-order valence-corrected chi connectivity index (χ4v) is 2.78. The van der Waals surface area contributed by atoms with E-state index in [4.69, 9.17) is 9.52 Å². The van der Waals surface area contributed by atoms with E-state index in [0.29, 0.717) is 0 Å². The molecule has 1 saturated heterocycles. The van der Waals surface area contributed by atoms with Gasteiger partial charge in [0.05, 0.1) is 5.69 Å². The van der Waals surface area contributed by atoms with Crippen LogP contribution in [0.15, 0.2) is 21.8 Å². The van der Waals surface area contributed by atoms with Crippen LogP contribution >= 0.6 is 24.0 Å². The van der Waals surface area contributed by atoms with Crippen LogP contribution in [0.2, 0.25) is 0 Å². The zero-order chi connectivity index (χ0) is 16.5. The highest BCUT2D eigenvalue weighted by atomic mass is 127. The Balaban J connectivity index is 0.00000288. The van der Waals surface area contributed by atoms with Gasteiger partial charge in [0.15, 0.2) is 5.96 Å². The summed E-state index contributed by atoms with van der Waals surface area (Å²) in [5.41, 5.74) is 1.01. The van der Waals surface area contributed by atoms with Crippen LogP contribution in [-0.2, 0) is 6.54 Å². The highest BCUT2D eigenvalue weighted by Crippen LogP contribution is 2.08. The molecule has 0 aliphatic carbocycles. The summed E-state index contributed by atoms with van der Waals surface area (Å²) in [4.78, 5) is 9.58. The first kappa shape index (κ1) is 21.2. The molecular formula is C17H32IN5O. The second-order valence-corrected chi connectivity index (χ2v) is 6.53. The summed E-state index contributed by atoms with van der Waals surface area (Å²) in [6.45, 7) is 13.4. The van der Waals surface area contributed by atoms with Gasteiger partial charge in [-0.3, -0.25) is 9.89 Å². The van der Waals surface area contributed by atoms with E-state index in [9.17, 15) is 0 Å². The first-order valence-electron chi connectivity index (χ1n) is 8.84. The Morgan fingerprint density at radius 2 is 2.08 bits per heavy atom. The van der Waals surface area contributed by atoms with Gasteiger partial charge in [0.2, 0.25) is 0 Å². The summed E-state index contributed by atoms with van der Waals surface area (Å²) in [5.74, 6) is 1.82. The van der Waals surface area contributed by atoms with E-state index in [0.717, 1.165) is 63.4 Å². The minimum Gasteiger partial charge on any atom is -0.364 e. The summed E-state index contributed by atoms with van der Waals surface area (Å²) in [6, 6.07) is 1.94. The zero-order valence-electron chi connectivity index (χ0n) is 15.2. The number of hydrogen-bond acceptors (Lipinski definition) is 4. The molecule has 0 bridgehead atoms. The number of aliphatic imine (C=N–C) groups is 1. The molecule has 2 rings (SSSR count). The van der Waals surface area contributed by atoms with E-state index in [1.165, 1.54) is 12.8 Å². The zero-order valence-corrected chi connectivity index (χ0v) is 17.5. The Morgan fingerprint density at radius 1 is 1.33 bits per heavy atom. The molecule has 1 N–H and O–H groups in total. The predicted molar refractivity (Wildman–Crippen MR) is 109 cm³/mol. The summed E-state index contributed by atoms with van der Waals surface area (Å²) in [6.07, 6.45) is 4.05. The molecule has 1 aliphatic heterocycles. The normalized spacial score (nSPS) is 16.3. The quantitative estimate of drug-likeness (QED) is 0.300. The molecule has 1 aliphatic rings. The molecule has 0 radical (unpaired) electrons. The van der Waals surface area contributed by atoms with E-state index in [1.807, 2.05) is 6.07 Å². The molecule has 0 spiro atoms. The van der Waals surface area contributed by atoms with Gasteiger partial charge in [0.1, 0.15) is 6.26 Å². The van der Waals surface area contributed by atoms with Crippen molar-refractivity contribution in [3.05, 3.63) is 18.0 Å². The summed E-state index contributed by atoms with van der Waals surface area (Å²) in [7, 11) is 0. The lowest BCUT2D eigenvalue weighted by atomic mass is 10.1. The van der Waals surface area contributed by atoms with E-state index in [2.05, 4.69) is 41.0 Å². The molecule has 1 fully saturated rings. The van der Waals surface area contributed by atoms with E-state index < -0.39 is 0 Å².